The lowest BCUT2D eigenvalue weighted by Gasteiger charge is -2.25. The predicted octanol–water partition coefficient (Wildman–Crippen LogP) is 17.2. The second-order valence-corrected chi connectivity index (χ2v) is 22.5. The topological polar surface area (TPSA) is 105 Å². The van der Waals surface area contributed by atoms with E-state index < -0.39 is 20.0 Å². The fourth-order valence-electron chi connectivity index (χ4n) is 8.65. The number of carbonyl (C=O) groups is 1. The van der Waals surface area contributed by atoms with Gasteiger partial charge in [-0.05, 0) is 32.1 Å². The van der Waals surface area contributed by atoms with Gasteiger partial charge < -0.3 is 19.8 Å². The van der Waals surface area contributed by atoms with Crippen molar-refractivity contribution in [3.63, 3.8) is 0 Å². The van der Waals surface area contributed by atoms with Crippen LogP contribution in [0, 0.1) is 0 Å². The lowest BCUT2D eigenvalue weighted by Crippen LogP contribution is -2.45. The van der Waals surface area contributed by atoms with Crippen LogP contribution in [-0.2, 0) is 18.4 Å². The Labute approximate surface area is 411 Å². The summed E-state index contributed by atoms with van der Waals surface area (Å²) < 4.78 is 23.7. The maximum atomic E-state index is 13.0. The van der Waals surface area contributed by atoms with E-state index >= 15 is 0 Å². The van der Waals surface area contributed by atoms with Gasteiger partial charge in [-0.3, -0.25) is 13.8 Å². The number of hydrogen-bond acceptors (Lipinski definition) is 5. The number of quaternary nitrogens is 1. The zero-order chi connectivity index (χ0) is 48.5. The first-order valence-corrected chi connectivity index (χ1v) is 30.2. The fourth-order valence-corrected chi connectivity index (χ4v) is 9.38. The Morgan fingerprint density at radius 3 is 1.21 bits per heavy atom. The van der Waals surface area contributed by atoms with Crippen LogP contribution in [-0.4, -0.2) is 73.4 Å². The van der Waals surface area contributed by atoms with E-state index in [1.165, 1.54) is 225 Å². The Morgan fingerprint density at radius 2 is 0.833 bits per heavy atom. The normalized spacial score (nSPS) is 14.1. The van der Waals surface area contributed by atoms with Crippen molar-refractivity contribution >= 4 is 13.7 Å². The van der Waals surface area contributed by atoms with Crippen molar-refractivity contribution in [2.45, 2.75) is 296 Å². The number of nitrogens with one attached hydrogen (secondary N) is 1. The third-order valence-corrected chi connectivity index (χ3v) is 14.2. The van der Waals surface area contributed by atoms with Gasteiger partial charge >= 0.3 is 7.82 Å². The van der Waals surface area contributed by atoms with Crippen LogP contribution in [0.5, 0.6) is 0 Å². The SMILES string of the molecule is CCCCCCCCCCCCCCCCCC/C=C/CC/C=C/C(O)C(COP(=O)(O)OCC[N+](C)(C)C)NC(=O)CCCCCCCCCCCCCCCCCCCCCCCC. The van der Waals surface area contributed by atoms with Gasteiger partial charge in [-0.15, -0.1) is 0 Å². The molecule has 0 aromatic heterocycles. The van der Waals surface area contributed by atoms with Crippen molar-refractivity contribution in [3.8, 4) is 0 Å². The summed E-state index contributed by atoms with van der Waals surface area (Å²) in [6.45, 7) is 4.84. The van der Waals surface area contributed by atoms with Crippen LogP contribution >= 0.6 is 7.82 Å². The van der Waals surface area contributed by atoms with Crippen LogP contribution in [0.15, 0.2) is 24.3 Å². The van der Waals surface area contributed by atoms with Crippen LogP contribution < -0.4 is 5.32 Å². The van der Waals surface area contributed by atoms with E-state index in [1.807, 2.05) is 27.2 Å². The molecule has 8 nitrogen and oxygen atoms in total. The average molecular weight is 955 g/mol. The number of allylic oxidation sites excluding steroid dienone is 3. The van der Waals surface area contributed by atoms with E-state index in [2.05, 4.69) is 31.3 Å². The number of amides is 1. The summed E-state index contributed by atoms with van der Waals surface area (Å²) in [5.74, 6) is -0.181. The molecule has 0 rings (SSSR count). The first-order chi connectivity index (χ1) is 32.0. The molecule has 392 valence electrons. The van der Waals surface area contributed by atoms with Crippen molar-refractivity contribution < 1.29 is 32.9 Å². The lowest BCUT2D eigenvalue weighted by atomic mass is 10.0. The highest BCUT2D eigenvalue weighted by molar-refractivity contribution is 7.47. The minimum Gasteiger partial charge on any atom is -0.387 e. The molecule has 3 atom stereocenters. The van der Waals surface area contributed by atoms with Gasteiger partial charge in [0, 0.05) is 6.42 Å². The average Bonchev–Trinajstić information content (AvgIpc) is 3.28. The monoisotopic (exact) mass is 954 g/mol. The van der Waals surface area contributed by atoms with Gasteiger partial charge in [0.2, 0.25) is 5.91 Å². The summed E-state index contributed by atoms with van der Waals surface area (Å²) >= 11 is 0. The number of carbonyl (C=O) groups excluding carboxylic acids is 1. The number of phosphoric ester groups is 1. The molecule has 1 amide bonds. The second kappa shape index (κ2) is 49.0. The Balaban J connectivity index is 4.24. The molecular formula is C57H114N2O6P+. The van der Waals surface area contributed by atoms with E-state index in [0.29, 0.717) is 17.4 Å². The molecule has 66 heavy (non-hydrogen) atoms. The Kier molecular flexibility index (Phi) is 48.2. The summed E-state index contributed by atoms with van der Waals surface area (Å²) in [4.78, 5) is 23.3. The van der Waals surface area contributed by atoms with E-state index in [0.717, 1.165) is 38.5 Å². The van der Waals surface area contributed by atoms with Gasteiger partial charge in [-0.1, -0.05) is 269 Å². The van der Waals surface area contributed by atoms with Gasteiger partial charge in [0.15, 0.2) is 0 Å². The zero-order valence-corrected chi connectivity index (χ0v) is 45.6. The van der Waals surface area contributed by atoms with Crippen molar-refractivity contribution in [2.24, 2.45) is 0 Å². The van der Waals surface area contributed by atoms with Crippen molar-refractivity contribution in [2.75, 3.05) is 40.9 Å². The number of phosphoric acid groups is 1. The summed E-state index contributed by atoms with van der Waals surface area (Å²) in [5, 5.41) is 13.9. The molecule has 0 aliphatic rings. The number of rotatable bonds is 53. The molecule has 3 unspecified atom stereocenters. The molecule has 0 spiro atoms. The van der Waals surface area contributed by atoms with E-state index in [1.54, 1.807) is 6.08 Å². The number of unbranched alkanes of at least 4 members (excludes halogenated alkanes) is 38. The molecule has 0 aromatic rings. The molecule has 0 saturated heterocycles. The van der Waals surface area contributed by atoms with Gasteiger partial charge in [0.25, 0.3) is 0 Å². The maximum absolute atomic E-state index is 13.0. The highest BCUT2D eigenvalue weighted by Gasteiger charge is 2.27. The first kappa shape index (κ1) is 65.0. The van der Waals surface area contributed by atoms with E-state index in [-0.39, 0.29) is 19.1 Å². The fraction of sp³-hybridized carbons (Fsp3) is 0.912. The summed E-state index contributed by atoms with van der Waals surface area (Å²) in [6.07, 6.45) is 61.4. The van der Waals surface area contributed by atoms with Crippen LogP contribution in [0.25, 0.3) is 0 Å². The molecular weight excluding hydrogens is 840 g/mol. The van der Waals surface area contributed by atoms with Gasteiger partial charge in [-0.25, -0.2) is 4.57 Å². The molecule has 0 radical (unpaired) electrons. The molecule has 0 bridgehead atoms. The lowest BCUT2D eigenvalue weighted by molar-refractivity contribution is -0.870. The van der Waals surface area contributed by atoms with E-state index in [4.69, 9.17) is 9.05 Å². The second-order valence-electron chi connectivity index (χ2n) is 21.0. The Morgan fingerprint density at radius 1 is 0.500 bits per heavy atom. The number of aliphatic hydroxyl groups is 1. The number of likely N-dealkylation sites (N-methyl/N-ethyl adjacent to an activating group) is 1. The minimum absolute atomic E-state index is 0.0588. The molecule has 0 aliphatic carbocycles. The first-order valence-electron chi connectivity index (χ1n) is 28.7. The number of aliphatic hydroxyl groups excluding tert-OH is 1. The van der Waals surface area contributed by atoms with Crippen molar-refractivity contribution in [3.05, 3.63) is 24.3 Å². The van der Waals surface area contributed by atoms with Crippen LogP contribution in [0.1, 0.15) is 284 Å². The molecule has 0 aliphatic heterocycles. The Hall–Kier alpha value is -1.02. The zero-order valence-electron chi connectivity index (χ0n) is 44.7. The molecule has 3 N–H and O–H groups in total. The Bertz CT molecular complexity index is 1130. The molecule has 9 heteroatoms. The molecule has 0 saturated carbocycles. The summed E-state index contributed by atoms with van der Waals surface area (Å²) in [6, 6.07) is -0.860. The van der Waals surface area contributed by atoms with Gasteiger partial charge in [-0.2, -0.15) is 0 Å². The summed E-state index contributed by atoms with van der Waals surface area (Å²) in [7, 11) is 1.57. The third-order valence-electron chi connectivity index (χ3n) is 13.2. The third kappa shape index (κ3) is 50.8. The largest absolute Gasteiger partial charge is 0.472 e. The quantitative estimate of drug-likeness (QED) is 0.0243. The summed E-state index contributed by atoms with van der Waals surface area (Å²) in [5.41, 5.74) is 0. The standard InChI is InChI=1S/C57H113N2O6P/c1-6-8-10-12-14-16-18-20-22-24-26-28-30-32-34-36-38-40-42-44-46-48-50-56(60)55(54-65-66(62,63)64-53-52-59(3,4)5)58-57(61)51-49-47-45-43-41-39-37-35-33-31-29-27-25-23-21-19-17-15-13-11-9-7-2/h40,42,48,50,55-56,60H,6-39,41,43-47,49,51-54H2,1-5H3,(H-,58,61,62,63)/p+1/b42-40+,50-48+. The molecule has 0 fully saturated rings. The van der Waals surface area contributed by atoms with E-state index in [9.17, 15) is 19.4 Å². The van der Waals surface area contributed by atoms with Crippen LogP contribution in [0.4, 0.5) is 0 Å². The molecule has 0 heterocycles. The van der Waals surface area contributed by atoms with Gasteiger partial charge in [0.05, 0.1) is 39.9 Å². The number of nitrogens with zero attached hydrogens (tertiary/aromatic N) is 1. The highest BCUT2D eigenvalue weighted by Crippen LogP contribution is 2.43. The number of hydrogen-bond donors (Lipinski definition) is 3. The minimum atomic E-state index is -4.35. The molecule has 0 aromatic carbocycles. The van der Waals surface area contributed by atoms with Crippen LogP contribution in [0.3, 0.4) is 0 Å². The van der Waals surface area contributed by atoms with Crippen molar-refractivity contribution in [1.82, 2.24) is 5.32 Å². The predicted molar refractivity (Wildman–Crippen MR) is 286 cm³/mol. The van der Waals surface area contributed by atoms with Crippen molar-refractivity contribution in [1.29, 1.82) is 0 Å². The highest BCUT2D eigenvalue weighted by atomic mass is 31.2. The maximum Gasteiger partial charge on any atom is 0.472 e. The smallest absolute Gasteiger partial charge is 0.387 e. The van der Waals surface area contributed by atoms with Crippen LogP contribution in [0.2, 0.25) is 0 Å². The van der Waals surface area contributed by atoms with Gasteiger partial charge in [0.1, 0.15) is 13.2 Å².